The zero-order valence-corrected chi connectivity index (χ0v) is 31.9. The topological polar surface area (TPSA) is 134 Å². The Kier molecular flexibility index (Phi) is 34.6. The molecule has 0 aliphatic heterocycles. The summed E-state index contributed by atoms with van der Waals surface area (Å²) >= 11 is 0. The van der Waals surface area contributed by atoms with Gasteiger partial charge in [0.15, 0.2) is 6.10 Å². The molecule has 0 aromatic rings. The zero-order chi connectivity index (χ0) is 35.4. The van der Waals surface area contributed by atoms with E-state index in [0.29, 0.717) is 6.42 Å². The molecule has 0 aromatic carbocycles. The number of rotatable bonds is 37. The first-order chi connectivity index (χ1) is 23.3. The van der Waals surface area contributed by atoms with Gasteiger partial charge in [-0.05, 0) is 32.1 Å². The summed E-state index contributed by atoms with van der Waals surface area (Å²) in [4.78, 5) is 34.7. The molecule has 0 bridgehead atoms. The van der Waals surface area contributed by atoms with Crippen LogP contribution in [0, 0.1) is 0 Å². The van der Waals surface area contributed by atoms with Crippen molar-refractivity contribution >= 4 is 19.8 Å². The molecular formula is C38H74NO8P. The molecule has 10 heteroatoms. The molecule has 3 N–H and O–H groups in total. The van der Waals surface area contributed by atoms with Crippen LogP contribution in [0.5, 0.6) is 0 Å². The summed E-state index contributed by atoms with van der Waals surface area (Å²) in [6, 6.07) is 0. The van der Waals surface area contributed by atoms with Crippen molar-refractivity contribution in [2.24, 2.45) is 5.73 Å². The molecular weight excluding hydrogens is 629 g/mol. The fourth-order valence-electron chi connectivity index (χ4n) is 5.46. The second kappa shape index (κ2) is 35.6. The molecule has 0 spiro atoms. The van der Waals surface area contributed by atoms with Crippen LogP contribution in [0.1, 0.15) is 187 Å². The van der Waals surface area contributed by atoms with Crippen LogP contribution in [0.25, 0.3) is 0 Å². The Morgan fingerprint density at radius 3 is 1.56 bits per heavy atom. The Morgan fingerprint density at radius 1 is 0.604 bits per heavy atom. The fourth-order valence-corrected chi connectivity index (χ4v) is 6.23. The fraction of sp³-hybridized carbons (Fsp3) is 0.895. The lowest BCUT2D eigenvalue weighted by Crippen LogP contribution is -2.29. The molecule has 0 aromatic heterocycles. The maximum Gasteiger partial charge on any atom is 0.472 e. The summed E-state index contributed by atoms with van der Waals surface area (Å²) in [7, 11) is -4.36. The van der Waals surface area contributed by atoms with E-state index < -0.39 is 26.5 Å². The summed E-state index contributed by atoms with van der Waals surface area (Å²) in [5.41, 5.74) is 5.33. The first-order valence-corrected chi connectivity index (χ1v) is 21.2. The van der Waals surface area contributed by atoms with Crippen molar-refractivity contribution in [1.29, 1.82) is 0 Å². The number of phosphoric acid groups is 1. The zero-order valence-electron chi connectivity index (χ0n) is 31.0. The number of hydrogen-bond acceptors (Lipinski definition) is 8. The highest BCUT2D eigenvalue weighted by molar-refractivity contribution is 7.47. The molecule has 9 nitrogen and oxygen atoms in total. The molecule has 2 atom stereocenters. The third-order valence-electron chi connectivity index (χ3n) is 8.38. The molecule has 0 fully saturated rings. The van der Waals surface area contributed by atoms with E-state index in [1.54, 1.807) is 0 Å². The Balaban J connectivity index is 4.12. The molecule has 0 amide bonds. The minimum absolute atomic E-state index is 0.0545. The lowest BCUT2D eigenvalue weighted by molar-refractivity contribution is -0.161. The van der Waals surface area contributed by atoms with Crippen LogP contribution in [-0.4, -0.2) is 49.3 Å². The summed E-state index contributed by atoms with van der Waals surface area (Å²) < 4.78 is 32.6. The second-order valence-corrected chi connectivity index (χ2v) is 14.6. The van der Waals surface area contributed by atoms with Crippen LogP contribution in [0.4, 0.5) is 0 Å². The van der Waals surface area contributed by atoms with E-state index in [0.717, 1.165) is 57.8 Å². The van der Waals surface area contributed by atoms with Gasteiger partial charge in [0.1, 0.15) is 6.61 Å². The molecule has 2 unspecified atom stereocenters. The summed E-state index contributed by atoms with van der Waals surface area (Å²) in [5, 5.41) is 0. The molecule has 0 aliphatic rings. The van der Waals surface area contributed by atoms with Crippen LogP contribution >= 0.6 is 7.82 Å². The van der Waals surface area contributed by atoms with E-state index in [2.05, 4.69) is 26.0 Å². The highest BCUT2D eigenvalue weighted by Gasteiger charge is 2.25. The minimum atomic E-state index is -4.36. The number of carbonyl (C=O) groups is 2. The summed E-state index contributed by atoms with van der Waals surface area (Å²) in [5.74, 6) is -0.834. The second-order valence-electron chi connectivity index (χ2n) is 13.2. The van der Waals surface area contributed by atoms with Crippen molar-refractivity contribution in [3.05, 3.63) is 12.2 Å². The van der Waals surface area contributed by atoms with Crippen LogP contribution in [0.2, 0.25) is 0 Å². The van der Waals surface area contributed by atoms with Crippen LogP contribution < -0.4 is 5.73 Å². The van der Waals surface area contributed by atoms with Crippen LogP contribution in [-0.2, 0) is 32.7 Å². The molecule has 48 heavy (non-hydrogen) atoms. The highest BCUT2D eigenvalue weighted by Crippen LogP contribution is 2.43. The van der Waals surface area contributed by atoms with E-state index >= 15 is 0 Å². The smallest absolute Gasteiger partial charge is 0.462 e. The highest BCUT2D eigenvalue weighted by atomic mass is 31.2. The van der Waals surface area contributed by atoms with Gasteiger partial charge in [-0.2, -0.15) is 0 Å². The average molecular weight is 704 g/mol. The largest absolute Gasteiger partial charge is 0.472 e. The predicted octanol–water partition coefficient (Wildman–Crippen LogP) is 10.7. The standard InChI is InChI=1S/C38H74NO8P/c1-3-5-7-9-11-13-15-16-17-18-19-20-21-23-24-26-28-30-37(40)44-34-36(35-46-48(42,43)45-33-32-39)47-38(41)31-29-27-25-22-14-12-10-8-6-4-2/h8,10,36H,3-7,9,11-35,39H2,1-2H3,(H,42,43)/b10-8-. The number of hydrogen-bond donors (Lipinski definition) is 2. The number of allylic oxidation sites excluding steroid dienone is 2. The summed E-state index contributed by atoms with van der Waals surface area (Å²) in [6.45, 7) is 3.67. The number of nitrogens with two attached hydrogens (primary N) is 1. The van der Waals surface area contributed by atoms with Crippen molar-refractivity contribution in [2.45, 2.75) is 193 Å². The van der Waals surface area contributed by atoms with Gasteiger partial charge in [0.2, 0.25) is 0 Å². The quantitative estimate of drug-likeness (QED) is 0.0280. The van der Waals surface area contributed by atoms with Gasteiger partial charge in [-0.1, -0.05) is 154 Å². The van der Waals surface area contributed by atoms with E-state index in [4.69, 9.17) is 24.3 Å². The van der Waals surface area contributed by atoms with Crippen molar-refractivity contribution in [3.8, 4) is 0 Å². The van der Waals surface area contributed by atoms with Gasteiger partial charge in [0, 0.05) is 19.4 Å². The molecule has 0 radical (unpaired) electrons. The Bertz CT molecular complexity index is 810. The van der Waals surface area contributed by atoms with Gasteiger partial charge in [0.25, 0.3) is 0 Å². The van der Waals surface area contributed by atoms with Gasteiger partial charge >= 0.3 is 19.8 Å². The predicted molar refractivity (Wildman–Crippen MR) is 197 cm³/mol. The van der Waals surface area contributed by atoms with Gasteiger partial charge < -0.3 is 20.1 Å². The monoisotopic (exact) mass is 704 g/mol. The molecule has 284 valence electrons. The van der Waals surface area contributed by atoms with Crippen molar-refractivity contribution < 1.29 is 37.6 Å². The number of phosphoric ester groups is 1. The first kappa shape index (κ1) is 46.8. The molecule has 0 heterocycles. The Hall–Kier alpha value is -1.25. The SMILES string of the molecule is CCC/C=C\CCCCCCCC(=O)OC(COC(=O)CCCCCCCCCCCCCCCCCCC)COP(=O)(O)OCCN. The molecule has 0 saturated carbocycles. The number of carbonyl (C=O) groups excluding carboxylic acids is 2. The van der Waals surface area contributed by atoms with Gasteiger partial charge in [-0.15, -0.1) is 0 Å². The normalized spacial score (nSPS) is 13.5. The maximum absolute atomic E-state index is 12.5. The minimum Gasteiger partial charge on any atom is -0.462 e. The van der Waals surface area contributed by atoms with Crippen molar-refractivity contribution in [1.82, 2.24) is 0 Å². The van der Waals surface area contributed by atoms with E-state index in [1.165, 1.54) is 96.3 Å². The molecule has 0 rings (SSSR count). The first-order valence-electron chi connectivity index (χ1n) is 19.7. The number of ether oxygens (including phenoxy) is 2. The van der Waals surface area contributed by atoms with Gasteiger partial charge in [0.05, 0.1) is 13.2 Å². The average Bonchev–Trinajstić information content (AvgIpc) is 3.07. The lowest BCUT2D eigenvalue weighted by Gasteiger charge is -2.19. The molecule has 0 saturated heterocycles. The van der Waals surface area contributed by atoms with E-state index in [1.807, 2.05) is 0 Å². The van der Waals surface area contributed by atoms with Gasteiger partial charge in [-0.3, -0.25) is 18.6 Å². The third-order valence-corrected chi connectivity index (χ3v) is 9.37. The Morgan fingerprint density at radius 2 is 1.06 bits per heavy atom. The number of esters is 2. The summed E-state index contributed by atoms with van der Waals surface area (Å²) in [6.07, 6.45) is 33.9. The van der Waals surface area contributed by atoms with Crippen LogP contribution in [0.3, 0.4) is 0 Å². The van der Waals surface area contributed by atoms with Crippen molar-refractivity contribution in [3.63, 3.8) is 0 Å². The third kappa shape index (κ3) is 34.6. The number of unbranched alkanes of at least 4 members (excludes halogenated alkanes) is 22. The Labute approximate surface area is 294 Å². The van der Waals surface area contributed by atoms with E-state index in [-0.39, 0.29) is 38.6 Å². The maximum atomic E-state index is 12.5. The molecule has 0 aliphatic carbocycles. The van der Waals surface area contributed by atoms with Gasteiger partial charge in [-0.25, -0.2) is 4.57 Å². The lowest BCUT2D eigenvalue weighted by atomic mass is 10.0. The van der Waals surface area contributed by atoms with Crippen LogP contribution in [0.15, 0.2) is 12.2 Å². The van der Waals surface area contributed by atoms with Crippen molar-refractivity contribution in [2.75, 3.05) is 26.4 Å². The van der Waals surface area contributed by atoms with E-state index in [9.17, 15) is 19.0 Å².